The number of anilines is 1. The van der Waals surface area contributed by atoms with Crippen LogP contribution in [0.1, 0.15) is 42.5 Å². The van der Waals surface area contributed by atoms with Crippen molar-refractivity contribution < 1.29 is 41.1 Å². The zero-order valence-corrected chi connectivity index (χ0v) is 24.1. The number of urea groups is 2. The summed E-state index contributed by atoms with van der Waals surface area (Å²) in [5.41, 5.74) is -2.12. The first kappa shape index (κ1) is 31.8. The third kappa shape index (κ3) is 6.16. The fraction of sp³-hybridized carbons (Fsp3) is 0.321. The summed E-state index contributed by atoms with van der Waals surface area (Å²) in [5.74, 6) is 0. The van der Waals surface area contributed by atoms with Gasteiger partial charge in [0.2, 0.25) is 0 Å². The molecule has 4 rings (SSSR count). The number of imide groups is 1. The molecule has 16 heteroatoms. The fourth-order valence-corrected chi connectivity index (χ4v) is 6.26. The molecule has 0 unspecified atom stereocenters. The molecule has 2 aliphatic heterocycles. The van der Waals surface area contributed by atoms with E-state index in [1.807, 2.05) is 12.1 Å². The molecule has 0 aliphatic carbocycles. The van der Waals surface area contributed by atoms with E-state index in [-0.39, 0.29) is 41.2 Å². The van der Waals surface area contributed by atoms with Crippen molar-refractivity contribution in [3.8, 4) is 12.1 Å². The second-order valence-electron chi connectivity index (χ2n) is 10.2. The van der Waals surface area contributed by atoms with Crippen LogP contribution in [0.4, 0.5) is 33.2 Å². The summed E-state index contributed by atoms with van der Waals surface area (Å²) in [5, 5.41) is 31.2. The third-order valence-electron chi connectivity index (χ3n) is 7.27. The number of hydrogen-bond acceptors (Lipinski definition) is 7. The molecule has 2 aromatic carbocycles. The van der Waals surface area contributed by atoms with E-state index >= 15 is 0 Å². The van der Waals surface area contributed by atoms with Crippen molar-refractivity contribution in [1.82, 2.24) is 15.1 Å². The molecule has 230 valence electrons. The molecule has 44 heavy (non-hydrogen) atoms. The maximum absolute atomic E-state index is 14.2. The van der Waals surface area contributed by atoms with Gasteiger partial charge in [0.05, 0.1) is 39.4 Å². The van der Waals surface area contributed by atoms with Crippen LogP contribution in [0.15, 0.2) is 58.6 Å². The van der Waals surface area contributed by atoms with Crippen molar-refractivity contribution in [3.05, 3.63) is 70.4 Å². The van der Waals surface area contributed by atoms with Crippen LogP contribution in [-0.4, -0.2) is 66.9 Å². The molecule has 0 bridgehead atoms. The van der Waals surface area contributed by atoms with Gasteiger partial charge in [0.1, 0.15) is 6.04 Å². The quantitative estimate of drug-likeness (QED) is 0.492. The molecule has 2 atom stereocenters. The van der Waals surface area contributed by atoms with Gasteiger partial charge in [-0.3, -0.25) is 4.90 Å². The summed E-state index contributed by atoms with van der Waals surface area (Å²) >= 11 is 0. The largest absolute Gasteiger partial charge is 0.465 e. The summed E-state index contributed by atoms with van der Waals surface area (Å²) in [7, 11) is -4.13. The Morgan fingerprint density at radius 3 is 2.41 bits per heavy atom. The van der Waals surface area contributed by atoms with Gasteiger partial charge in [-0.15, -0.1) is 0 Å². The Morgan fingerprint density at radius 1 is 1.11 bits per heavy atom. The predicted molar refractivity (Wildman–Crippen MR) is 148 cm³/mol. The number of alkyl halides is 3. The lowest BCUT2D eigenvalue weighted by Gasteiger charge is -2.44. The topological polar surface area (TPSA) is 175 Å². The Morgan fingerprint density at radius 2 is 1.82 bits per heavy atom. The lowest BCUT2D eigenvalue weighted by Crippen LogP contribution is -2.59. The number of benzene rings is 2. The Balaban J connectivity index is 1.97. The molecule has 0 radical (unpaired) electrons. The van der Waals surface area contributed by atoms with Crippen LogP contribution in [0.5, 0.6) is 0 Å². The second-order valence-corrected chi connectivity index (χ2v) is 12.2. The van der Waals surface area contributed by atoms with Gasteiger partial charge in [-0.05, 0) is 55.7 Å². The van der Waals surface area contributed by atoms with Crippen molar-refractivity contribution >= 4 is 33.7 Å². The van der Waals surface area contributed by atoms with Crippen molar-refractivity contribution in [2.45, 2.75) is 42.9 Å². The van der Waals surface area contributed by atoms with E-state index in [1.54, 1.807) is 0 Å². The van der Waals surface area contributed by atoms with Crippen LogP contribution in [-0.2, 0) is 16.0 Å². The monoisotopic (exact) mass is 630 g/mol. The molecule has 5 amide bonds. The van der Waals surface area contributed by atoms with Crippen LogP contribution in [0.2, 0.25) is 0 Å². The molecule has 2 aliphatic rings. The number of sulfone groups is 1. The van der Waals surface area contributed by atoms with E-state index in [2.05, 4.69) is 5.32 Å². The van der Waals surface area contributed by atoms with Crippen LogP contribution < -0.4 is 10.2 Å². The van der Waals surface area contributed by atoms with Gasteiger partial charge in [0.25, 0.3) is 0 Å². The summed E-state index contributed by atoms with van der Waals surface area (Å²) in [6.45, 7) is 1.17. The maximum Gasteiger partial charge on any atom is 0.416 e. The number of nitrogens with one attached hydrogen (secondary N) is 1. The predicted octanol–water partition coefficient (Wildman–Crippen LogP) is 4.61. The highest BCUT2D eigenvalue weighted by Crippen LogP contribution is 2.43. The van der Waals surface area contributed by atoms with Crippen molar-refractivity contribution in [3.63, 3.8) is 0 Å². The molecule has 1 fully saturated rings. The van der Waals surface area contributed by atoms with Gasteiger partial charge < -0.3 is 15.3 Å². The molecule has 1 saturated heterocycles. The van der Waals surface area contributed by atoms with Gasteiger partial charge in [-0.25, -0.2) is 27.7 Å². The lowest BCUT2D eigenvalue weighted by molar-refractivity contribution is -0.137. The van der Waals surface area contributed by atoms with Crippen molar-refractivity contribution in [2.75, 3.05) is 24.2 Å². The minimum Gasteiger partial charge on any atom is -0.465 e. The minimum atomic E-state index is -4.78. The van der Waals surface area contributed by atoms with Gasteiger partial charge in [0, 0.05) is 31.1 Å². The van der Waals surface area contributed by atoms with E-state index in [9.17, 15) is 51.6 Å². The number of hydrogen-bond donors (Lipinski definition) is 2. The van der Waals surface area contributed by atoms with Gasteiger partial charge in [-0.1, -0.05) is 12.1 Å². The number of carboxylic acid groups (broad SMARTS) is 1. The average molecular weight is 631 g/mol. The molecule has 2 heterocycles. The number of carbonyl (C=O) groups excluding carboxylic acids is 2. The first-order chi connectivity index (χ1) is 20.6. The Labute approximate surface area is 250 Å². The summed E-state index contributed by atoms with van der Waals surface area (Å²) in [6, 6.07) is 6.32. The molecule has 0 spiro atoms. The highest BCUT2D eigenvalue weighted by Gasteiger charge is 2.47. The van der Waals surface area contributed by atoms with E-state index < -0.39 is 56.7 Å². The van der Waals surface area contributed by atoms with Crippen LogP contribution >= 0.6 is 0 Å². The Hall–Kier alpha value is -5.09. The Kier molecular flexibility index (Phi) is 8.60. The molecule has 12 nitrogen and oxygen atoms in total. The van der Waals surface area contributed by atoms with E-state index in [1.165, 1.54) is 25.1 Å². The van der Waals surface area contributed by atoms with Gasteiger partial charge in [-0.2, -0.15) is 23.7 Å². The smallest absolute Gasteiger partial charge is 0.416 e. The average Bonchev–Trinajstić information content (AvgIpc) is 2.95. The lowest BCUT2D eigenvalue weighted by atomic mass is 9.93. The zero-order valence-electron chi connectivity index (χ0n) is 23.3. The minimum absolute atomic E-state index is 0.0578. The number of piperidine rings is 1. The van der Waals surface area contributed by atoms with Crippen LogP contribution in [0.3, 0.4) is 0 Å². The first-order valence-corrected chi connectivity index (χ1v) is 14.9. The third-order valence-corrected chi connectivity index (χ3v) is 8.42. The van der Waals surface area contributed by atoms with Gasteiger partial charge in [0.15, 0.2) is 9.84 Å². The zero-order chi connectivity index (χ0) is 32.6. The number of nitriles is 2. The van der Waals surface area contributed by atoms with E-state index in [0.717, 1.165) is 34.3 Å². The number of allylic oxidation sites excluding steroid dienone is 1. The number of amides is 5. The van der Waals surface area contributed by atoms with Gasteiger partial charge >= 0.3 is 24.3 Å². The standard InChI is InChI=1S/C28H25F3N6O6S/c1-16-22(14-33)24(21-9-8-17(13-32)11-23(21)44(2,42)43)37(26(40)35-10-4-6-19(15-35)34-25(38)39)27(41)36(16)20-7-3-5-18(12-20)28(29,30)31/h3,5,7-9,11-12,19,24,34H,4,6,10,15H2,1-2H3,(H,38,39)/t19-,24-/m1/s1. The molecule has 2 aromatic rings. The number of nitrogens with zero attached hydrogens (tertiary/aromatic N) is 5. The maximum atomic E-state index is 14.2. The van der Waals surface area contributed by atoms with Crippen molar-refractivity contribution in [2.24, 2.45) is 0 Å². The second kappa shape index (κ2) is 11.9. The number of likely N-dealkylation sites (tertiary alicyclic amines) is 1. The van der Waals surface area contributed by atoms with E-state index in [0.29, 0.717) is 23.8 Å². The van der Waals surface area contributed by atoms with Crippen LogP contribution in [0.25, 0.3) is 0 Å². The first-order valence-electron chi connectivity index (χ1n) is 13.0. The molecule has 0 saturated carbocycles. The summed E-state index contributed by atoms with van der Waals surface area (Å²) in [4.78, 5) is 41.7. The molecule has 2 N–H and O–H groups in total. The highest BCUT2D eigenvalue weighted by atomic mass is 32.2. The normalized spacial score (nSPS) is 19.3. The Bertz CT molecular complexity index is 1760. The number of carbonyl (C=O) groups is 3. The number of rotatable bonds is 4. The van der Waals surface area contributed by atoms with Crippen molar-refractivity contribution in [1.29, 1.82) is 10.5 Å². The molecular formula is C28H25F3N6O6S. The highest BCUT2D eigenvalue weighted by molar-refractivity contribution is 7.90. The summed E-state index contributed by atoms with van der Waals surface area (Å²) < 4.78 is 66.5. The van der Waals surface area contributed by atoms with E-state index in [4.69, 9.17) is 0 Å². The van der Waals surface area contributed by atoms with Crippen LogP contribution in [0, 0.1) is 22.7 Å². The molecular weight excluding hydrogens is 605 g/mol. The fourth-order valence-electron chi connectivity index (χ4n) is 5.31. The molecule has 0 aromatic heterocycles. The summed E-state index contributed by atoms with van der Waals surface area (Å²) in [6.07, 6.45) is -4.58. The SMILES string of the molecule is CC1=C(C#N)[C@@H](c2ccc(C#N)cc2S(C)(=O)=O)N(C(=O)N2CCC[C@@H](NC(=O)O)C2)C(=O)N1c1cccc(C(F)(F)F)c1. The number of halogens is 3.